The van der Waals surface area contributed by atoms with Gasteiger partial charge >= 0.3 is 0 Å². The van der Waals surface area contributed by atoms with Crippen molar-refractivity contribution in [3.8, 4) is 11.5 Å². The Morgan fingerprint density at radius 3 is 2.45 bits per heavy atom. The first kappa shape index (κ1) is 22.8. The summed E-state index contributed by atoms with van der Waals surface area (Å²) in [7, 11) is 0. The van der Waals surface area contributed by atoms with Crippen molar-refractivity contribution < 1.29 is 14.3 Å². The number of carbonyl (C=O) groups is 1. The fraction of sp³-hybridized carbons (Fsp3) is 0.185. The number of aryl methyl sites for hydroxylation is 1. The summed E-state index contributed by atoms with van der Waals surface area (Å²) < 4.78 is 12.7. The Morgan fingerprint density at radius 2 is 1.73 bits per heavy atom. The minimum Gasteiger partial charge on any atom is -0.490 e. The van der Waals surface area contributed by atoms with Crippen molar-refractivity contribution >= 4 is 39.3 Å². The van der Waals surface area contributed by atoms with Gasteiger partial charge in [0.1, 0.15) is 6.61 Å². The van der Waals surface area contributed by atoms with Crippen LogP contribution in [0.5, 0.6) is 11.5 Å². The molecule has 168 valence electrons. The monoisotopic (exact) mass is 504 g/mol. The van der Waals surface area contributed by atoms with E-state index in [1.807, 2.05) is 74.5 Å². The number of hydrazone groups is 1. The molecule has 5 nitrogen and oxygen atoms in total. The highest BCUT2D eigenvalue weighted by Crippen LogP contribution is 2.36. The highest BCUT2D eigenvalue weighted by molar-refractivity contribution is 9.10. The Labute approximate surface area is 202 Å². The molecule has 4 rings (SSSR count). The molecule has 0 atom stereocenters. The summed E-state index contributed by atoms with van der Waals surface area (Å²) >= 11 is 3.63. The molecule has 0 spiro atoms. The first-order valence-corrected chi connectivity index (χ1v) is 11.6. The molecule has 0 saturated carbocycles. The molecule has 0 N–H and O–H groups in total. The fourth-order valence-electron chi connectivity index (χ4n) is 3.59. The van der Waals surface area contributed by atoms with E-state index in [0.29, 0.717) is 36.0 Å². The summed E-state index contributed by atoms with van der Waals surface area (Å²) in [6.07, 6.45) is 1.83. The zero-order valence-corrected chi connectivity index (χ0v) is 20.4. The molecule has 0 fully saturated rings. The average molecular weight is 505 g/mol. The standard InChI is InChI=1S/C27H25BrN2O3/c1-4-32-25-15-21(24(28)16-26(25)33-17-20-10-8-9-18(2)13-20)14-23-19(3)29-30(27(23)31)22-11-6-5-7-12-22/h5-16H,4,17H2,1-3H3/b23-14+. The number of rotatable bonds is 7. The third kappa shape index (κ3) is 5.17. The molecule has 3 aromatic rings. The molecule has 0 aromatic heterocycles. The van der Waals surface area contributed by atoms with Crippen LogP contribution in [0.4, 0.5) is 5.69 Å². The molecular formula is C27H25BrN2O3. The van der Waals surface area contributed by atoms with E-state index in [9.17, 15) is 4.79 Å². The molecular weight excluding hydrogens is 480 g/mol. The summed E-state index contributed by atoms with van der Waals surface area (Å²) in [5.41, 5.74) is 5.02. The van der Waals surface area contributed by atoms with Crippen LogP contribution < -0.4 is 14.5 Å². The largest absolute Gasteiger partial charge is 0.490 e. The second kappa shape index (κ2) is 10.0. The molecule has 0 saturated heterocycles. The maximum Gasteiger partial charge on any atom is 0.280 e. The molecule has 0 aliphatic carbocycles. The van der Waals surface area contributed by atoms with Crippen molar-refractivity contribution in [2.24, 2.45) is 5.10 Å². The Bertz CT molecular complexity index is 1240. The van der Waals surface area contributed by atoms with Crippen LogP contribution in [0.3, 0.4) is 0 Å². The van der Waals surface area contributed by atoms with Crippen LogP contribution in [0.2, 0.25) is 0 Å². The number of ether oxygens (including phenoxy) is 2. The Hall–Kier alpha value is -3.38. The normalized spacial score (nSPS) is 14.5. The van der Waals surface area contributed by atoms with Crippen LogP contribution in [0, 0.1) is 6.92 Å². The lowest BCUT2D eigenvalue weighted by Gasteiger charge is -2.15. The predicted molar refractivity (Wildman–Crippen MR) is 136 cm³/mol. The lowest BCUT2D eigenvalue weighted by atomic mass is 10.1. The quantitative estimate of drug-likeness (QED) is 0.343. The zero-order valence-electron chi connectivity index (χ0n) is 18.8. The van der Waals surface area contributed by atoms with E-state index in [-0.39, 0.29) is 5.91 Å². The van der Waals surface area contributed by atoms with Crippen LogP contribution in [-0.2, 0) is 11.4 Å². The number of carbonyl (C=O) groups excluding carboxylic acids is 1. The molecule has 1 heterocycles. The molecule has 0 bridgehead atoms. The second-order valence-electron chi connectivity index (χ2n) is 7.73. The second-order valence-corrected chi connectivity index (χ2v) is 8.58. The van der Waals surface area contributed by atoms with Crippen molar-refractivity contribution in [2.75, 3.05) is 11.6 Å². The fourth-order valence-corrected chi connectivity index (χ4v) is 4.03. The van der Waals surface area contributed by atoms with Crippen molar-refractivity contribution in [3.05, 3.63) is 93.5 Å². The number of amides is 1. The average Bonchev–Trinajstić information content (AvgIpc) is 3.09. The predicted octanol–water partition coefficient (Wildman–Crippen LogP) is 6.54. The molecule has 1 amide bonds. The van der Waals surface area contributed by atoms with Crippen molar-refractivity contribution in [3.63, 3.8) is 0 Å². The van der Waals surface area contributed by atoms with Crippen molar-refractivity contribution in [1.29, 1.82) is 0 Å². The molecule has 3 aromatic carbocycles. The number of benzene rings is 3. The Morgan fingerprint density at radius 1 is 0.970 bits per heavy atom. The van der Waals surface area contributed by atoms with E-state index >= 15 is 0 Å². The van der Waals surface area contributed by atoms with Gasteiger partial charge in [-0.05, 0) is 62.2 Å². The molecule has 0 radical (unpaired) electrons. The summed E-state index contributed by atoms with van der Waals surface area (Å²) in [5, 5.41) is 5.88. The maximum absolute atomic E-state index is 13.1. The Balaban J connectivity index is 1.61. The van der Waals surface area contributed by atoms with Gasteiger partial charge in [0, 0.05) is 4.47 Å². The van der Waals surface area contributed by atoms with E-state index < -0.39 is 0 Å². The minimum absolute atomic E-state index is 0.164. The van der Waals surface area contributed by atoms with E-state index in [0.717, 1.165) is 21.3 Å². The summed E-state index contributed by atoms with van der Waals surface area (Å²) in [6.45, 7) is 6.76. The highest BCUT2D eigenvalue weighted by Gasteiger charge is 2.29. The van der Waals surface area contributed by atoms with E-state index in [2.05, 4.69) is 40.1 Å². The lowest BCUT2D eigenvalue weighted by Crippen LogP contribution is -2.21. The van der Waals surface area contributed by atoms with Crippen LogP contribution >= 0.6 is 15.9 Å². The summed E-state index contributed by atoms with van der Waals surface area (Å²) in [5.74, 6) is 1.10. The number of anilines is 1. The number of hydrogen-bond acceptors (Lipinski definition) is 4. The van der Waals surface area contributed by atoms with Gasteiger partial charge in [0.2, 0.25) is 0 Å². The van der Waals surface area contributed by atoms with Gasteiger partial charge in [-0.3, -0.25) is 4.79 Å². The SMILES string of the molecule is CCOc1cc(/C=C2/C(=O)N(c3ccccc3)N=C2C)c(Br)cc1OCc1cccc(C)c1. The van der Waals surface area contributed by atoms with Gasteiger partial charge < -0.3 is 9.47 Å². The third-order valence-electron chi connectivity index (χ3n) is 5.20. The van der Waals surface area contributed by atoms with Gasteiger partial charge in [0.25, 0.3) is 5.91 Å². The van der Waals surface area contributed by atoms with Gasteiger partial charge in [-0.25, -0.2) is 0 Å². The first-order valence-electron chi connectivity index (χ1n) is 10.8. The smallest absolute Gasteiger partial charge is 0.280 e. The number of nitrogens with zero attached hydrogens (tertiary/aromatic N) is 2. The van der Waals surface area contributed by atoms with Crippen LogP contribution in [0.25, 0.3) is 6.08 Å². The molecule has 0 unspecified atom stereocenters. The highest BCUT2D eigenvalue weighted by atomic mass is 79.9. The maximum atomic E-state index is 13.1. The summed E-state index contributed by atoms with van der Waals surface area (Å²) in [4.78, 5) is 13.1. The number of halogens is 1. The molecule has 33 heavy (non-hydrogen) atoms. The first-order chi connectivity index (χ1) is 16.0. The van der Waals surface area contributed by atoms with Crippen LogP contribution in [0.1, 0.15) is 30.5 Å². The van der Waals surface area contributed by atoms with Gasteiger partial charge in [-0.15, -0.1) is 0 Å². The van der Waals surface area contributed by atoms with Crippen molar-refractivity contribution in [2.45, 2.75) is 27.4 Å². The van der Waals surface area contributed by atoms with E-state index in [1.165, 1.54) is 10.6 Å². The molecule has 1 aliphatic heterocycles. The molecule has 1 aliphatic rings. The summed E-state index contributed by atoms with van der Waals surface area (Å²) in [6, 6.07) is 21.4. The molecule has 6 heteroatoms. The number of para-hydroxylation sites is 1. The van der Waals surface area contributed by atoms with E-state index in [4.69, 9.17) is 9.47 Å². The number of hydrogen-bond donors (Lipinski definition) is 0. The minimum atomic E-state index is -0.164. The van der Waals surface area contributed by atoms with Gasteiger partial charge in [0.15, 0.2) is 11.5 Å². The topological polar surface area (TPSA) is 51.1 Å². The third-order valence-corrected chi connectivity index (χ3v) is 5.89. The Kier molecular flexibility index (Phi) is 6.94. The van der Waals surface area contributed by atoms with Crippen LogP contribution in [-0.4, -0.2) is 18.2 Å². The van der Waals surface area contributed by atoms with Gasteiger partial charge in [-0.1, -0.05) is 64.0 Å². The van der Waals surface area contributed by atoms with E-state index in [1.54, 1.807) is 0 Å². The van der Waals surface area contributed by atoms with Gasteiger partial charge in [0.05, 0.1) is 23.6 Å². The van der Waals surface area contributed by atoms with Crippen molar-refractivity contribution in [1.82, 2.24) is 0 Å². The van der Waals surface area contributed by atoms with Crippen LogP contribution in [0.15, 0.2) is 81.9 Å². The van der Waals surface area contributed by atoms with Gasteiger partial charge in [-0.2, -0.15) is 10.1 Å². The zero-order chi connectivity index (χ0) is 23.4. The lowest BCUT2D eigenvalue weighted by molar-refractivity contribution is -0.114.